The molecule has 1 amide bonds. The molecule has 0 unspecified atom stereocenters. The van der Waals surface area contributed by atoms with E-state index in [1.807, 2.05) is 37.3 Å². The van der Waals surface area contributed by atoms with Gasteiger partial charge in [0.1, 0.15) is 0 Å². The van der Waals surface area contributed by atoms with Crippen LogP contribution in [-0.4, -0.2) is 45.2 Å². The van der Waals surface area contributed by atoms with Crippen LogP contribution in [0.2, 0.25) is 0 Å². The van der Waals surface area contributed by atoms with Gasteiger partial charge < -0.3 is 10.1 Å². The second-order valence-corrected chi connectivity index (χ2v) is 7.33. The highest BCUT2D eigenvalue weighted by Gasteiger charge is 2.21. The fourth-order valence-electron chi connectivity index (χ4n) is 2.67. The van der Waals surface area contributed by atoms with Gasteiger partial charge >= 0.3 is 5.69 Å². The van der Waals surface area contributed by atoms with Gasteiger partial charge in [-0.1, -0.05) is 42.1 Å². The van der Waals surface area contributed by atoms with Gasteiger partial charge in [-0.3, -0.25) is 9.36 Å². The molecule has 134 valence electrons. The number of aromatic amines is 1. The van der Waals surface area contributed by atoms with Gasteiger partial charge in [0.25, 0.3) is 0 Å². The standard InChI is InChI=1S/C17H22N4O3S/c1-12(15(22)18-10-14-8-5-9-24-14)25-17-20-19-16(23)21(17)11-13-6-3-2-4-7-13/h2-4,6-7,12,14H,5,8-11H2,1H3,(H,18,22)(H,19,23)/t12-,14+/m1/s1. The van der Waals surface area contributed by atoms with Crippen molar-refractivity contribution in [3.05, 3.63) is 46.4 Å². The molecular weight excluding hydrogens is 340 g/mol. The largest absolute Gasteiger partial charge is 0.376 e. The lowest BCUT2D eigenvalue weighted by molar-refractivity contribution is -0.120. The summed E-state index contributed by atoms with van der Waals surface area (Å²) in [6, 6.07) is 9.68. The highest BCUT2D eigenvalue weighted by atomic mass is 32.2. The van der Waals surface area contributed by atoms with Crippen LogP contribution >= 0.6 is 11.8 Å². The zero-order chi connectivity index (χ0) is 17.6. The maximum absolute atomic E-state index is 12.3. The number of benzene rings is 1. The van der Waals surface area contributed by atoms with E-state index in [1.165, 1.54) is 11.8 Å². The summed E-state index contributed by atoms with van der Waals surface area (Å²) in [6.07, 6.45) is 2.14. The lowest BCUT2D eigenvalue weighted by Crippen LogP contribution is -2.36. The molecule has 1 saturated heterocycles. The second-order valence-electron chi connectivity index (χ2n) is 6.02. The van der Waals surface area contributed by atoms with E-state index in [9.17, 15) is 9.59 Å². The smallest absolute Gasteiger partial charge is 0.344 e. The predicted molar refractivity (Wildman–Crippen MR) is 95.7 cm³/mol. The van der Waals surface area contributed by atoms with Gasteiger partial charge in [0.15, 0.2) is 5.16 Å². The summed E-state index contributed by atoms with van der Waals surface area (Å²) < 4.78 is 7.05. The Bertz CT molecular complexity index is 753. The Balaban J connectivity index is 1.60. The number of aromatic nitrogens is 3. The first-order valence-electron chi connectivity index (χ1n) is 8.38. The number of hydrogen-bond acceptors (Lipinski definition) is 5. The van der Waals surface area contributed by atoms with Crippen LogP contribution in [0.3, 0.4) is 0 Å². The van der Waals surface area contributed by atoms with Gasteiger partial charge in [0.2, 0.25) is 5.91 Å². The van der Waals surface area contributed by atoms with Crippen LogP contribution in [0.25, 0.3) is 0 Å². The third-order valence-electron chi connectivity index (χ3n) is 4.09. The number of carbonyl (C=O) groups excluding carboxylic acids is 1. The zero-order valence-corrected chi connectivity index (χ0v) is 14.9. The molecule has 0 aliphatic carbocycles. The van der Waals surface area contributed by atoms with E-state index < -0.39 is 0 Å². The Kier molecular flexibility index (Phi) is 5.93. The fraction of sp³-hybridized carbons (Fsp3) is 0.471. The molecular formula is C17H22N4O3S. The molecule has 0 spiro atoms. The summed E-state index contributed by atoms with van der Waals surface area (Å²) in [7, 11) is 0. The molecule has 1 aromatic carbocycles. The predicted octanol–water partition coefficient (Wildman–Crippen LogP) is 1.40. The van der Waals surface area contributed by atoms with Gasteiger partial charge in [0.05, 0.1) is 17.9 Å². The summed E-state index contributed by atoms with van der Waals surface area (Å²) in [5, 5.41) is 9.58. The van der Waals surface area contributed by atoms with Gasteiger partial charge in [-0.05, 0) is 25.3 Å². The molecule has 1 aromatic heterocycles. The van der Waals surface area contributed by atoms with Crippen LogP contribution in [0, 0.1) is 0 Å². The van der Waals surface area contributed by atoms with Crippen molar-refractivity contribution < 1.29 is 9.53 Å². The molecule has 2 atom stereocenters. The molecule has 3 rings (SSSR count). The molecule has 2 N–H and O–H groups in total. The first-order valence-corrected chi connectivity index (χ1v) is 9.26. The minimum absolute atomic E-state index is 0.0813. The molecule has 8 heteroatoms. The summed E-state index contributed by atoms with van der Waals surface area (Å²) in [5.74, 6) is -0.0813. The summed E-state index contributed by atoms with van der Waals surface area (Å²) in [4.78, 5) is 24.3. The van der Waals surface area contributed by atoms with Crippen molar-refractivity contribution in [1.82, 2.24) is 20.1 Å². The Morgan fingerprint density at radius 3 is 3.00 bits per heavy atom. The van der Waals surface area contributed by atoms with Crippen molar-refractivity contribution in [3.8, 4) is 0 Å². The van der Waals surface area contributed by atoms with Gasteiger partial charge in [-0.15, -0.1) is 5.10 Å². The van der Waals surface area contributed by atoms with Crippen molar-refractivity contribution in [3.63, 3.8) is 0 Å². The zero-order valence-electron chi connectivity index (χ0n) is 14.1. The van der Waals surface area contributed by atoms with E-state index in [2.05, 4.69) is 15.5 Å². The van der Waals surface area contributed by atoms with Crippen LogP contribution in [0.1, 0.15) is 25.3 Å². The summed E-state index contributed by atoms with van der Waals surface area (Å²) in [6.45, 7) is 3.52. The number of carbonyl (C=O) groups is 1. The first kappa shape index (κ1) is 17.8. The summed E-state index contributed by atoms with van der Waals surface area (Å²) in [5.41, 5.74) is 0.724. The van der Waals surface area contributed by atoms with Crippen molar-refractivity contribution in [2.75, 3.05) is 13.2 Å². The molecule has 1 aliphatic rings. The van der Waals surface area contributed by atoms with Crippen molar-refractivity contribution in [2.45, 2.75) is 42.8 Å². The van der Waals surface area contributed by atoms with Crippen LogP contribution in [0.15, 0.2) is 40.3 Å². The maximum Gasteiger partial charge on any atom is 0.344 e. The lowest BCUT2D eigenvalue weighted by atomic mass is 10.2. The summed E-state index contributed by atoms with van der Waals surface area (Å²) >= 11 is 1.27. The van der Waals surface area contributed by atoms with E-state index in [0.717, 1.165) is 25.0 Å². The molecule has 0 bridgehead atoms. The molecule has 2 aromatic rings. The first-order chi connectivity index (χ1) is 12.1. The van der Waals surface area contributed by atoms with Gasteiger partial charge in [-0.2, -0.15) is 0 Å². The van der Waals surface area contributed by atoms with Gasteiger partial charge in [-0.25, -0.2) is 9.89 Å². The van der Waals surface area contributed by atoms with Crippen LogP contribution < -0.4 is 11.0 Å². The van der Waals surface area contributed by atoms with Crippen LogP contribution in [0.5, 0.6) is 0 Å². The molecule has 0 saturated carbocycles. The SMILES string of the molecule is C[C@@H](Sc1n[nH]c(=O)n1Cc1ccccc1)C(=O)NC[C@@H]1CCCO1. The van der Waals surface area contributed by atoms with E-state index in [1.54, 1.807) is 4.57 Å². The number of H-pyrrole nitrogens is 1. The molecule has 7 nitrogen and oxygen atoms in total. The number of amides is 1. The van der Waals surface area contributed by atoms with Crippen LogP contribution in [-0.2, 0) is 16.1 Å². The average Bonchev–Trinajstić information content (AvgIpc) is 3.26. The normalized spacial score (nSPS) is 18.2. The minimum atomic E-state index is -0.355. The average molecular weight is 362 g/mol. The number of ether oxygens (including phenoxy) is 1. The quantitative estimate of drug-likeness (QED) is 0.727. The van der Waals surface area contributed by atoms with E-state index in [-0.39, 0.29) is 23.0 Å². The van der Waals surface area contributed by atoms with Crippen LogP contribution in [0.4, 0.5) is 0 Å². The fourth-order valence-corrected chi connectivity index (χ4v) is 3.55. The third-order valence-corrected chi connectivity index (χ3v) is 5.18. The number of thioether (sulfide) groups is 1. The number of hydrogen-bond donors (Lipinski definition) is 2. The van der Waals surface area contributed by atoms with Crippen molar-refractivity contribution in [1.29, 1.82) is 0 Å². The van der Waals surface area contributed by atoms with E-state index >= 15 is 0 Å². The number of rotatable bonds is 7. The lowest BCUT2D eigenvalue weighted by Gasteiger charge is -2.14. The Hall–Kier alpha value is -2.06. The Labute approximate surface area is 150 Å². The van der Waals surface area contributed by atoms with E-state index in [0.29, 0.717) is 18.2 Å². The third kappa shape index (κ3) is 4.73. The minimum Gasteiger partial charge on any atom is -0.376 e. The number of nitrogens with zero attached hydrogens (tertiary/aromatic N) is 2. The van der Waals surface area contributed by atoms with E-state index in [4.69, 9.17) is 4.74 Å². The monoisotopic (exact) mass is 362 g/mol. The van der Waals surface area contributed by atoms with Gasteiger partial charge in [0, 0.05) is 13.2 Å². The Morgan fingerprint density at radius 1 is 1.48 bits per heavy atom. The second kappa shape index (κ2) is 8.35. The number of nitrogens with one attached hydrogen (secondary N) is 2. The highest BCUT2D eigenvalue weighted by Crippen LogP contribution is 2.21. The van der Waals surface area contributed by atoms with Crippen molar-refractivity contribution in [2.24, 2.45) is 0 Å². The molecule has 1 fully saturated rings. The molecule has 0 radical (unpaired) electrons. The molecule has 1 aliphatic heterocycles. The highest BCUT2D eigenvalue weighted by molar-refractivity contribution is 8.00. The Morgan fingerprint density at radius 2 is 2.28 bits per heavy atom. The van der Waals surface area contributed by atoms with Crippen molar-refractivity contribution >= 4 is 17.7 Å². The maximum atomic E-state index is 12.3. The topological polar surface area (TPSA) is 89.0 Å². The molecule has 25 heavy (non-hydrogen) atoms. The molecule has 2 heterocycles.